The van der Waals surface area contributed by atoms with Crippen LogP contribution < -0.4 is 9.47 Å². The number of ether oxygens (including phenoxy) is 2. The second kappa shape index (κ2) is 3.66. The van der Waals surface area contributed by atoms with E-state index in [0.717, 1.165) is 16.9 Å². The lowest BCUT2D eigenvalue weighted by Gasteiger charge is -1.99. The van der Waals surface area contributed by atoms with Gasteiger partial charge in [0.2, 0.25) is 6.79 Å². The van der Waals surface area contributed by atoms with Crippen LogP contribution in [0.4, 0.5) is 0 Å². The van der Waals surface area contributed by atoms with Crippen molar-refractivity contribution in [1.82, 2.24) is 0 Å². The number of furan rings is 1. The predicted molar refractivity (Wildman–Crippen MR) is 60.4 cm³/mol. The van der Waals surface area contributed by atoms with E-state index in [9.17, 15) is 4.79 Å². The highest BCUT2D eigenvalue weighted by atomic mass is 16.7. The fourth-order valence-corrected chi connectivity index (χ4v) is 1.81. The zero-order valence-corrected chi connectivity index (χ0v) is 9.23. The first-order valence-corrected chi connectivity index (χ1v) is 5.23. The smallest absolute Gasteiger partial charge is 0.231 e. The molecule has 1 aliphatic rings. The average molecular weight is 230 g/mol. The van der Waals surface area contributed by atoms with Gasteiger partial charge in [0.25, 0.3) is 0 Å². The molecule has 4 heteroatoms. The Morgan fingerprint density at radius 2 is 2.00 bits per heavy atom. The highest BCUT2D eigenvalue weighted by Gasteiger charge is 2.16. The standard InChI is InChI=1S/C13H10O4/c1-8-4-11(17-13(8)6-14)9-2-3-10-12(5-9)16-7-15-10/h2-6H,7H2,1H3. The molecule has 0 N–H and O–H groups in total. The molecular weight excluding hydrogens is 220 g/mol. The Bertz CT molecular complexity index is 583. The minimum Gasteiger partial charge on any atom is -0.454 e. The monoisotopic (exact) mass is 230 g/mol. The van der Waals surface area contributed by atoms with Crippen LogP contribution in [0.3, 0.4) is 0 Å². The topological polar surface area (TPSA) is 48.7 Å². The Hall–Kier alpha value is -2.23. The first kappa shape index (κ1) is 9.96. The quantitative estimate of drug-likeness (QED) is 0.744. The van der Waals surface area contributed by atoms with Gasteiger partial charge in [-0.3, -0.25) is 4.79 Å². The summed E-state index contributed by atoms with van der Waals surface area (Å²) < 4.78 is 16.0. The Kier molecular flexibility index (Phi) is 2.14. The second-order valence-corrected chi connectivity index (χ2v) is 3.84. The summed E-state index contributed by atoms with van der Waals surface area (Å²) in [4.78, 5) is 10.7. The number of hydrogen-bond donors (Lipinski definition) is 0. The summed E-state index contributed by atoms with van der Waals surface area (Å²) >= 11 is 0. The third-order valence-corrected chi connectivity index (χ3v) is 2.72. The normalized spacial score (nSPS) is 12.8. The summed E-state index contributed by atoms with van der Waals surface area (Å²) in [5.74, 6) is 2.44. The van der Waals surface area contributed by atoms with Crippen LogP contribution in [0.5, 0.6) is 11.5 Å². The van der Waals surface area contributed by atoms with Gasteiger partial charge in [0, 0.05) is 5.56 Å². The maximum absolute atomic E-state index is 10.7. The third kappa shape index (κ3) is 1.58. The van der Waals surface area contributed by atoms with Crippen LogP contribution in [0.2, 0.25) is 0 Å². The van der Waals surface area contributed by atoms with Gasteiger partial charge in [0.1, 0.15) is 5.76 Å². The maximum Gasteiger partial charge on any atom is 0.231 e. The molecule has 1 aromatic carbocycles. The molecule has 3 rings (SSSR count). The van der Waals surface area contributed by atoms with Gasteiger partial charge in [-0.25, -0.2) is 0 Å². The molecule has 0 atom stereocenters. The van der Waals surface area contributed by atoms with Crippen LogP contribution in [0.25, 0.3) is 11.3 Å². The minimum atomic E-state index is 0.246. The molecule has 1 aliphatic heterocycles. The van der Waals surface area contributed by atoms with Crippen molar-refractivity contribution in [3.05, 3.63) is 35.6 Å². The van der Waals surface area contributed by atoms with Crippen LogP contribution in [-0.4, -0.2) is 13.1 Å². The Labute approximate surface area is 97.8 Å². The first-order chi connectivity index (χ1) is 8.28. The molecule has 17 heavy (non-hydrogen) atoms. The van der Waals surface area contributed by atoms with Crippen molar-refractivity contribution in [1.29, 1.82) is 0 Å². The summed E-state index contributed by atoms with van der Waals surface area (Å²) in [6, 6.07) is 7.38. The summed E-state index contributed by atoms with van der Waals surface area (Å²) in [7, 11) is 0. The van der Waals surface area contributed by atoms with Gasteiger partial charge < -0.3 is 13.9 Å². The van der Waals surface area contributed by atoms with Gasteiger partial charge in [-0.05, 0) is 36.8 Å². The second-order valence-electron chi connectivity index (χ2n) is 3.84. The minimum absolute atomic E-state index is 0.246. The molecule has 0 unspecified atom stereocenters. The molecule has 0 fully saturated rings. The number of aryl methyl sites for hydroxylation is 1. The van der Waals surface area contributed by atoms with E-state index in [1.807, 2.05) is 31.2 Å². The number of carbonyl (C=O) groups is 1. The molecule has 86 valence electrons. The van der Waals surface area contributed by atoms with Crippen LogP contribution in [0.1, 0.15) is 16.1 Å². The zero-order valence-electron chi connectivity index (χ0n) is 9.23. The van der Waals surface area contributed by atoms with E-state index in [1.165, 1.54) is 0 Å². The molecule has 1 aromatic heterocycles. The maximum atomic E-state index is 10.7. The average Bonchev–Trinajstić information content (AvgIpc) is 2.93. The van der Waals surface area contributed by atoms with Crippen molar-refractivity contribution >= 4 is 6.29 Å². The van der Waals surface area contributed by atoms with E-state index in [1.54, 1.807) is 0 Å². The summed E-state index contributed by atoms with van der Waals surface area (Å²) in [5.41, 5.74) is 1.69. The molecule has 0 bridgehead atoms. The Morgan fingerprint density at radius 3 is 2.76 bits per heavy atom. The number of rotatable bonds is 2. The molecule has 0 amide bonds. The van der Waals surface area contributed by atoms with Crippen molar-refractivity contribution < 1.29 is 18.7 Å². The van der Waals surface area contributed by atoms with Crippen molar-refractivity contribution in [2.45, 2.75) is 6.92 Å². The Balaban J connectivity index is 2.06. The largest absolute Gasteiger partial charge is 0.454 e. The molecule has 2 heterocycles. The summed E-state index contributed by atoms with van der Waals surface area (Å²) in [5, 5.41) is 0. The molecule has 2 aromatic rings. The van der Waals surface area contributed by atoms with Crippen LogP contribution in [0, 0.1) is 6.92 Å². The highest BCUT2D eigenvalue weighted by Crippen LogP contribution is 2.36. The number of carbonyl (C=O) groups excluding carboxylic acids is 1. The van der Waals surface area contributed by atoms with Crippen molar-refractivity contribution in [2.24, 2.45) is 0 Å². The lowest BCUT2D eigenvalue weighted by atomic mass is 10.1. The first-order valence-electron chi connectivity index (χ1n) is 5.23. The fourth-order valence-electron chi connectivity index (χ4n) is 1.81. The van der Waals surface area contributed by atoms with Crippen molar-refractivity contribution in [3.8, 4) is 22.8 Å². The number of hydrogen-bond acceptors (Lipinski definition) is 4. The van der Waals surface area contributed by atoms with Gasteiger partial charge in [0.15, 0.2) is 23.5 Å². The van der Waals surface area contributed by atoms with E-state index in [2.05, 4.69) is 0 Å². The van der Waals surface area contributed by atoms with E-state index in [-0.39, 0.29) is 6.79 Å². The molecule has 0 saturated carbocycles. The lowest BCUT2D eigenvalue weighted by Crippen LogP contribution is -1.92. The summed E-state index contributed by atoms with van der Waals surface area (Å²) in [6.45, 7) is 2.08. The van der Waals surface area contributed by atoms with E-state index < -0.39 is 0 Å². The van der Waals surface area contributed by atoms with Crippen LogP contribution >= 0.6 is 0 Å². The number of aldehydes is 1. The van der Waals surface area contributed by atoms with E-state index in [0.29, 0.717) is 23.6 Å². The molecule has 0 spiro atoms. The molecule has 4 nitrogen and oxygen atoms in total. The SMILES string of the molecule is Cc1cc(-c2ccc3c(c2)OCO3)oc1C=O. The highest BCUT2D eigenvalue weighted by molar-refractivity contribution is 5.76. The predicted octanol–water partition coefficient (Wildman–Crippen LogP) is 2.80. The number of fused-ring (bicyclic) bond motifs is 1. The van der Waals surface area contributed by atoms with Crippen LogP contribution in [-0.2, 0) is 0 Å². The lowest BCUT2D eigenvalue weighted by molar-refractivity contribution is 0.110. The van der Waals surface area contributed by atoms with Gasteiger partial charge in [-0.15, -0.1) is 0 Å². The van der Waals surface area contributed by atoms with Gasteiger partial charge in [0.05, 0.1) is 0 Å². The molecule has 0 saturated heterocycles. The van der Waals surface area contributed by atoms with Gasteiger partial charge >= 0.3 is 0 Å². The van der Waals surface area contributed by atoms with Crippen molar-refractivity contribution in [2.75, 3.05) is 6.79 Å². The van der Waals surface area contributed by atoms with Gasteiger partial charge in [-0.1, -0.05) is 0 Å². The van der Waals surface area contributed by atoms with Gasteiger partial charge in [-0.2, -0.15) is 0 Å². The van der Waals surface area contributed by atoms with Crippen molar-refractivity contribution in [3.63, 3.8) is 0 Å². The van der Waals surface area contributed by atoms with E-state index in [4.69, 9.17) is 13.9 Å². The van der Waals surface area contributed by atoms with E-state index >= 15 is 0 Å². The molecule has 0 aliphatic carbocycles. The summed E-state index contributed by atoms with van der Waals surface area (Å²) in [6.07, 6.45) is 0.714. The molecule has 0 radical (unpaired) electrons. The number of benzene rings is 1. The molecular formula is C13H10O4. The Morgan fingerprint density at radius 1 is 1.18 bits per heavy atom. The fraction of sp³-hybridized carbons (Fsp3) is 0.154. The third-order valence-electron chi connectivity index (χ3n) is 2.72. The van der Waals surface area contributed by atoms with Crippen LogP contribution in [0.15, 0.2) is 28.7 Å². The zero-order chi connectivity index (χ0) is 11.8.